The fourth-order valence-electron chi connectivity index (χ4n) is 4.28. The van der Waals surface area contributed by atoms with E-state index in [9.17, 15) is 14.7 Å². The predicted molar refractivity (Wildman–Crippen MR) is 124 cm³/mol. The van der Waals surface area contributed by atoms with Crippen LogP contribution in [-0.2, 0) is 21.6 Å². The number of ether oxygens (including phenoxy) is 2. The number of amides is 1. The summed E-state index contributed by atoms with van der Waals surface area (Å²) >= 11 is 0. The first kappa shape index (κ1) is 23.6. The average molecular weight is 440 g/mol. The summed E-state index contributed by atoms with van der Waals surface area (Å²) in [6.07, 6.45) is 3.54. The number of methoxy groups -OCH3 is 1. The van der Waals surface area contributed by atoms with Crippen molar-refractivity contribution in [3.63, 3.8) is 0 Å². The third kappa shape index (κ3) is 4.45. The Morgan fingerprint density at radius 3 is 2.59 bits per heavy atom. The summed E-state index contributed by atoms with van der Waals surface area (Å²) in [5.41, 5.74) is 3.67. The van der Waals surface area contributed by atoms with E-state index in [0.717, 1.165) is 36.0 Å². The highest BCUT2D eigenvalue weighted by Gasteiger charge is 2.36. The molecule has 0 fully saturated rings. The van der Waals surface area contributed by atoms with Gasteiger partial charge in [-0.3, -0.25) is 4.79 Å². The molecule has 1 heterocycles. The second kappa shape index (κ2) is 9.23. The van der Waals surface area contributed by atoms with Gasteiger partial charge in [0.1, 0.15) is 23.1 Å². The normalized spacial score (nSPS) is 14.6. The average Bonchev–Trinajstić information content (AvgIpc) is 2.72. The Morgan fingerprint density at radius 2 is 1.94 bits per heavy atom. The number of carbonyl (C=O) groups is 2. The van der Waals surface area contributed by atoms with E-state index in [0.29, 0.717) is 23.3 Å². The lowest BCUT2D eigenvalue weighted by atomic mass is 9.83. The SMILES string of the molecule is CCCCCc1cc2c(c(O)c1C(=O)N[C@@H](C)C(=O)OC)-c1cc(C)ccc1C(C)(C)O2. The Bertz CT molecular complexity index is 1040. The second-order valence-corrected chi connectivity index (χ2v) is 8.97. The maximum atomic E-state index is 13.2. The van der Waals surface area contributed by atoms with Gasteiger partial charge in [0.05, 0.1) is 18.2 Å². The zero-order chi connectivity index (χ0) is 23.6. The lowest BCUT2D eigenvalue weighted by Crippen LogP contribution is -2.39. The number of nitrogens with one attached hydrogen (secondary N) is 1. The first-order valence-corrected chi connectivity index (χ1v) is 11.2. The molecule has 2 aromatic rings. The van der Waals surface area contributed by atoms with E-state index in [4.69, 9.17) is 9.47 Å². The first-order valence-electron chi connectivity index (χ1n) is 11.2. The number of aryl methyl sites for hydroxylation is 2. The van der Waals surface area contributed by atoms with Crippen molar-refractivity contribution in [2.45, 2.75) is 71.9 Å². The number of carbonyl (C=O) groups excluding carboxylic acids is 2. The minimum atomic E-state index is -0.837. The summed E-state index contributed by atoms with van der Waals surface area (Å²) in [7, 11) is 1.27. The number of unbranched alkanes of at least 4 members (excludes halogenated alkanes) is 2. The number of esters is 1. The Labute approximate surface area is 189 Å². The van der Waals surface area contributed by atoms with Crippen LogP contribution in [0.3, 0.4) is 0 Å². The van der Waals surface area contributed by atoms with Gasteiger partial charge in [0.2, 0.25) is 0 Å². The van der Waals surface area contributed by atoms with Crippen LogP contribution in [-0.4, -0.2) is 30.1 Å². The molecule has 0 unspecified atom stereocenters. The van der Waals surface area contributed by atoms with Crippen LogP contribution in [0.25, 0.3) is 11.1 Å². The molecule has 0 radical (unpaired) electrons. The van der Waals surface area contributed by atoms with Gasteiger partial charge in [-0.25, -0.2) is 4.79 Å². The van der Waals surface area contributed by atoms with Crippen molar-refractivity contribution in [3.8, 4) is 22.6 Å². The molecular formula is C26H33NO5. The summed E-state index contributed by atoms with van der Waals surface area (Å²) in [5, 5.41) is 14.1. The molecule has 2 N–H and O–H groups in total. The van der Waals surface area contributed by atoms with Gasteiger partial charge >= 0.3 is 5.97 Å². The number of hydrogen-bond donors (Lipinski definition) is 2. The van der Waals surface area contributed by atoms with Gasteiger partial charge in [0.25, 0.3) is 5.91 Å². The minimum Gasteiger partial charge on any atom is -0.506 e. The smallest absolute Gasteiger partial charge is 0.328 e. The van der Waals surface area contributed by atoms with Gasteiger partial charge < -0.3 is 19.9 Å². The van der Waals surface area contributed by atoms with E-state index in [-0.39, 0.29) is 11.3 Å². The lowest BCUT2D eigenvalue weighted by molar-refractivity contribution is -0.142. The fourth-order valence-corrected chi connectivity index (χ4v) is 4.28. The van der Waals surface area contributed by atoms with Gasteiger partial charge in [-0.15, -0.1) is 0 Å². The molecule has 32 heavy (non-hydrogen) atoms. The highest BCUT2D eigenvalue weighted by atomic mass is 16.5. The van der Waals surface area contributed by atoms with E-state index in [1.807, 2.05) is 45.0 Å². The molecule has 0 bridgehead atoms. The van der Waals surface area contributed by atoms with E-state index in [1.165, 1.54) is 7.11 Å². The van der Waals surface area contributed by atoms with Crippen LogP contribution in [0, 0.1) is 6.92 Å². The van der Waals surface area contributed by atoms with Crippen LogP contribution in [0.4, 0.5) is 0 Å². The predicted octanol–water partition coefficient (Wildman–Crippen LogP) is 5.02. The van der Waals surface area contributed by atoms with Crippen LogP contribution < -0.4 is 10.1 Å². The zero-order valence-corrected chi connectivity index (χ0v) is 19.8. The Balaban J connectivity index is 2.18. The van der Waals surface area contributed by atoms with Crippen molar-refractivity contribution in [3.05, 3.63) is 46.5 Å². The van der Waals surface area contributed by atoms with Gasteiger partial charge in [0, 0.05) is 5.56 Å². The summed E-state index contributed by atoms with van der Waals surface area (Å²) in [4.78, 5) is 25.1. The van der Waals surface area contributed by atoms with Crippen LogP contribution >= 0.6 is 0 Å². The largest absolute Gasteiger partial charge is 0.506 e. The topological polar surface area (TPSA) is 84.9 Å². The second-order valence-electron chi connectivity index (χ2n) is 8.97. The molecule has 0 saturated carbocycles. The van der Waals surface area contributed by atoms with E-state index in [2.05, 4.69) is 12.2 Å². The van der Waals surface area contributed by atoms with Crippen molar-refractivity contribution in [2.75, 3.05) is 7.11 Å². The van der Waals surface area contributed by atoms with Gasteiger partial charge in [-0.1, -0.05) is 43.5 Å². The Kier molecular flexibility index (Phi) is 6.82. The summed E-state index contributed by atoms with van der Waals surface area (Å²) in [6.45, 7) is 9.65. The minimum absolute atomic E-state index is 0.120. The zero-order valence-electron chi connectivity index (χ0n) is 19.8. The van der Waals surface area contributed by atoms with Gasteiger partial charge in [-0.2, -0.15) is 0 Å². The molecule has 1 aliphatic rings. The molecule has 3 rings (SSSR count). The molecule has 6 nitrogen and oxygen atoms in total. The van der Waals surface area contributed by atoms with Gasteiger partial charge in [0.15, 0.2) is 0 Å². The molecule has 1 aliphatic heterocycles. The summed E-state index contributed by atoms with van der Waals surface area (Å²) in [5.74, 6) is -0.608. The van der Waals surface area contributed by atoms with Crippen molar-refractivity contribution in [1.29, 1.82) is 0 Å². The maximum absolute atomic E-state index is 13.2. The standard InChI is InChI=1S/C26H33NO5/c1-7-8-9-10-17-14-20-22(18-13-15(2)11-12-19(18)26(4,5)32-20)23(28)21(17)24(29)27-16(3)25(30)31-6/h11-14,16,28H,7-10H2,1-6H3,(H,27,29)/t16-/m0/s1. The Hall–Kier alpha value is -3.02. The summed E-state index contributed by atoms with van der Waals surface area (Å²) < 4.78 is 11.0. The monoisotopic (exact) mass is 439 g/mol. The Morgan fingerprint density at radius 1 is 1.22 bits per heavy atom. The first-order chi connectivity index (χ1) is 15.1. The van der Waals surface area contributed by atoms with Crippen molar-refractivity contribution in [2.24, 2.45) is 0 Å². The summed E-state index contributed by atoms with van der Waals surface area (Å²) in [6, 6.07) is 7.05. The van der Waals surface area contributed by atoms with E-state index in [1.54, 1.807) is 6.92 Å². The highest BCUT2D eigenvalue weighted by molar-refractivity contribution is 6.03. The molecule has 6 heteroatoms. The van der Waals surface area contributed by atoms with Crippen molar-refractivity contribution in [1.82, 2.24) is 5.32 Å². The van der Waals surface area contributed by atoms with E-state index < -0.39 is 23.5 Å². The van der Waals surface area contributed by atoms with Crippen LogP contribution in [0.2, 0.25) is 0 Å². The number of phenols is 1. The molecule has 1 atom stereocenters. The molecular weight excluding hydrogens is 406 g/mol. The number of rotatable bonds is 7. The van der Waals surface area contributed by atoms with Crippen LogP contribution in [0.5, 0.6) is 11.5 Å². The molecule has 0 spiro atoms. The molecule has 0 aliphatic carbocycles. The van der Waals surface area contributed by atoms with Crippen LogP contribution in [0.1, 0.15) is 74.0 Å². The number of fused-ring (bicyclic) bond motifs is 3. The number of hydrogen-bond acceptors (Lipinski definition) is 5. The fraction of sp³-hybridized carbons (Fsp3) is 0.462. The molecule has 2 aromatic carbocycles. The van der Waals surface area contributed by atoms with Crippen LogP contribution in [0.15, 0.2) is 24.3 Å². The lowest BCUT2D eigenvalue weighted by Gasteiger charge is -2.36. The van der Waals surface area contributed by atoms with Crippen molar-refractivity contribution >= 4 is 11.9 Å². The quantitative estimate of drug-likeness (QED) is 0.467. The number of phenolic OH excluding ortho intramolecular Hbond substituents is 1. The molecule has 172 valence electrons. The third-order valence-electron chi connectivity index (χ3n) is 5.98. The van der Waals surface area contributed by atoms with E-state index >= 15 is 0 Å². The number of benzene rings is 2. The molecule has 0 saturated heterocycles. The highest BCUT2D eigenvalue weighted by Crippen LogP contribution is 2.51. The number of aromatic hydroxyl groups is 1. The molecule has 0 aromatic heterocycles. The van der Waals surface area contributed by atoms with Crippen molar-refractivity contribution < 1.29 is 24.2 Å². The van der Waals surface area contributed by atoms with Gasteiger partial charge in [-0.05, 0) is 57.7 Å². The third-order valence-corrected chi connectivity index (χ3v) is 5.98. The maximum Gasteiger partial charge on any atom is 0.328 e. The molecule has 1 amide bonds.